The molecule has 1 aromatic heterocycles. The molecule has 1 fully saturated rings. The SMILES string of the molecule is O=C(O)c1ccc(CS(=O)(=O)C2CCOCC2)o1. The summed E-state index contributed by atoms with van der Waals surface area (Å²) in [4.78, 5) is 10.6. The Balaban J connectivity index is 2.08. The number of hydrogen-bond acceptors (Lipinski definition) is 5. The van der Waals surface area contributed by atoms with E-state index in [1.165, 1.54) is 12.1 Å². The summed E-state index contributed by atoms with van der Waals surface area (Å²) in [7, 11) is -3.32. The highest BCUT2D eigenvalue weighted by molar-refractivity contribution is 7.91. The van der Waals surface area contributed by atoms with Crippen molar-refractivity contribution < 1.29 is 27.5 Å². The number of carboxylic acids is 1. The maximum absolute atomic E-state index is 12.1. The summed E-state index contributed by atoms with van der Waals surface area (Å²) in [6.07, 6.45) is 0.962. The zero-order valence-electron chi connectivity index (χ0n) is 9.66. The molecule has 1 aromatic rings. The van der Waals surface area contributed by atoms with E-state index < -0.39 is 21.1 Å². The number of ether oxygens (including phenoxy) is 1. The first-order valence-corrected chi connectivity index (χ1v) is 7.32. The van der Waals surface area contributed by atoms with Crippen LogP contribution in [0, 0.1) is 0 Å². The molecule has 0 aliphatic carbocycles. The van der Waals surface area contributed by atoms with Crippen LogP contribution < -0.4 is 0 Å². The number of hydrogen-bond donors (Lipinski definition) is 1. The lowest BCUT2D eigenvalue weighted by Crippen LogP contribution is -2.29. The van der Waals surface area contributed by atoms with Gasteiger partial charge in [-0.2, -0.15) is 0 Å². The highest BCUT2D eigenvalue weighted by Gasteiger charge is 2.29. The second-order valence-electron chi connectivity index (χ2n) is 4.19. The van der Waals surface area contributed by atoms with E-state index in [-0.39, 0.29) is 17.3 Å². The van der Waals surface area contributed by atoms with Gasteiger partial charge in [-0.25, -0.2) is 13.2 Å². The molecule has 0 saturated carbocycles. The monoisotopic (exact) mass is 274 g/mol. The predicted octanol–water partition coefficient (Wildman–Crippen LogP) is 1.07. The fourth-order valence-electron chi connectivity index (χ4n) is 1.92. The van der Waals surface area contributed by atoms with Crippen LogP contribution in [-0.2, 0) is 20.3 Å². The van der Waals surface area contributed by atoms with Crippen LogP contribution in [0.2, 0.25) is 0 Å². The molecule has 0 unspecified atom stereocenters. The molecule has 2 rings (SSSR count). The van der Waals surface area contributed by atoms with Crippen LogP contribution in [-0.4, -0.2) is 38.0 Å². The van der Waals surface area contributed by atoms with Gasteiger partial charge in [0.25, 0.3) is 0 Å². The second kappa shape index (κ2) is 5.11. The molecule has 1 N–H and O–H groups in total. The summed E-state index contributed by atoms with van der Waals surface area (Å²) < 4.78 is 34.2. The van der Waals surface area contributed by atoms with E-state index in [2.05, 4.69) is 0 Å². The smallest absolute Gasteiger partial charge is 0.371 e. The lowest BCUT2D eigenvalue weighted by molar-refractivity contribution is 0.0660. The normalized spacial score (nSPS) is 17.8. The van der Waals surface area contributed by atoms with Gasteiger partial charge >= 0.3 is 5.97 Å². The molecular weight excluding hydrogens is 260 g/mol. The summed E-state index contributed by atoms with van der Waals surface area (Å²) >= 11 is 0. The molecule has 2 heterocycles. The van der Waals surface area contributed by atoms with Gasteiger partial charge in [0, 0.05) is 13.2 Å². The maximum atomic E-state index is 12.1. The maximum Gasteiger partial charge on any atom is 0.371 e. The minimum absolute atomic E-state index is 0.166. The summed E-state index contributed by atoms with van der Waals surface area (Å²) in [5.74, 6) is -1.54. The van der Waals surface area contributed by atoms with Crippen LogP contribution in [0.15, 0.2) is 16.5 Å². The van der Waals surface area contributed by atoms with Crippen molar-refractivity contribution in [2.45, 2.75) is 23.8 Å². The van der Waals surface area contributed by atoms with Crippen LogP contribution >= 0.6 is 0 Å². The summed E-state index contributed by atoms with van der Waals surface area (Å²) in [5, 5.41) is 8.26. The van der Waals surface area contributed by atoms with Gasteiger partial charge in [0.1, 0.15) is 11.5 Å². The van der Waals surface area contributed by atoms with Crippen LogP contribution in [0.1, 0.15) is 29.2 Å². The summed E-state index contributed by atoms with van der Waals surface area (Å²) in [6.45, 7) is 0.894. The first kappa shape index (κ1) is 13.1. The summed E-state index contributed by atoms with van der Waals surface area (Å²) in [5.41, 5.74) is 0. The van der Waals surface area contributed by atoms with Crippen molar-refractivity contribution in [1.29, 1.82) is 0 Å². The lowest BCUT2D eigenvalue weighted by Gasteiger charge is -2.21. The van der Waals surface area contributed by atoms with Gasteiger partial charge < -0.3 is 14.3 Å². The van der Waals surface area contributed by atoms with Crippen molar-refractivity contribution in [2.24, 2.45) is 0 Å². The van der Waals surface area contributed by atoms with Crippen LogP contribution in [0.25, 0.3) is 0 Å². The van der Waals surface area contributed by atoms with Crippen molar-refractivity contribution in [2.75, 3.05) is 13.2 Å². The zero-order chi connectivity index (χ0) is 13.2. The standard InChI is InChI=1S/C11H14O6S/c12-11(13)10-2-1-8(17-10)7-18(14,15)9-3-5-16-6-4-9/h1-2,9H,3-7H2,(H,12,13). The Kier molecular flexibility index (Phi) is 3.72. The Morgan fingerprint density at radius 1 is 1.33 bits per heavy atom. The minimum Gasteiger partial charge on any atom is -0.475 e. The third-order valence-electron chi connectivity index (χ3n) is 2.89. The first-order valence-electron chi connectivity index (χ1n) is 5.60. The van der Waals surface area contributed by atoms with Gasteiger partial charge in [-0.15, -0.1) is 0 Å². The van der Waals surface area contributed by atoms with Gasteiger partial charge in [-0.1, -0.05) is 0 Å². The molecule has 0 amide bonds. The molecule has 1 aliphatic heterocycles. The van der Waals surface area contributed by atoms with E-state index in [4.69, 9.17) is 14.3 Å². The molecule has 7 heteroatoms. The third kappa shape index (κ3) is 2.91. The number of sulfone groups is 1. The topological polar surface area (TPSA) is 93.8 Å². The van der Waals surface area contributed by atoms with Gasteiger partial charge in [0.05, 0.1) is 5.25 Å². The van der Waals surface area contributed by atoms with Crippen LogP contribution in [0.4, 0.5) is 0 Å². The predicted molar refractivity (Wildman–Crippen MR) is 62.1 cm³/mol. The van der Waals surface area contributed by atoms with Gasteiger partial charge in [-0.05, 0) is 25.0 Å². The number of aromatic carboxylic acids is 1. The van der Waals surface area contributed by atoms with E-state index in [0.717, 1.165) is 0 Å². The molecule has 0 aromatic carbocycles. The Morgan fingerprint density at radius 2 is 2.00 bits per heavy atom. The second-order valence-corrected chi connectivity index (χ2v) is 6.47. The minimum atomic E-state index is -3.32. The average molecular weight is 274 g/mol. The van der Waals surface area contributed by atoms with E-state index in [1.54, 1.807) is 0 Å². The highest BCUT2D eigenvalue weighted by atomic mass is 32.2. The number of rotatable bonds is 4. The van der Waals surface area contributed by atoms with Crippen molar-refractivity contribution in [3.05, 3.63) is 23.7 Å². The van der Waals surface area contributed by atoms with Gasteiger partial charge in [0.2, 0.25) is 5.76 Å². The molecule has 0 atom stereocenters. The van der Waals surface area contributed by atoms with Crippen LogP contribution in [0.3, 0.4) is 0 Å². The molecule has 18 heavy (non-hydrogen) atoms. The molecule has 100 valence electrons. The molecular formula is C11H14O6S. The molecule has 0 bridgehead atoms. The zero-order valence-corrected chi connectivity index (χ0v) is 10.5. The number of carboxylic acid groups (broad SMARTS) is 1. The molecule has 1 saturated heterocycles. The largest absolute Gasteiger partial charge is 0.475 e. The van der Waals surface area contributed by atoms with Crippen molar-refractivity contribution in [3.8, 4) is 0 Å². The fourth-order valence-corrected chi connectivity index (χ4v) is 3.62. The van der Waals surface area contributed by atoms with Crippen LogP contribution in [0.5, 0.6) is 0 Å². The molecule has 1 aliphatic rings. The van der Waals surface area contributed by atoms with Crippen molar-refractivity contribution >= 4 is 15.8 Å². The highest BCUT2D eigenvalue weighted by Crippen LogP contribution is 2.21. The molecule has 6 nitrogen and oxygen atoms in total. The van der Waals surface area contributed by atoms with E-state index in [0.29, 0.717) is 26.1 Å². The Hall–Kier alpha value is -1.34. The fraction of sp³-hybridized carbons (Fsp3) is 0.545. The molecule has 0 spiro atoms. The number of carbonyl (C=O) groups is 1. The van der Waals surface area contributed by atoms with Crippen molar-refractivity contribution in [1.82, 2.24) is 0 Å². The van der Waals surface area contributed by atoms with E-state index in [9.17, 15) is 13.2 Å². The van der Waals surface area contributed by atoms with Gasteiger partial charge in [0.15, 0.2) is 9.84 Å². The lowest BCUT2D eigenvalue weighted by atomic mass is 10.2. The first-order chi connectivity index (χ1) is 8.49. The Bertz CT molecular complexity index is 523. The number of furan rings is 1. The van der Waals surface area contributed by atoms with Gasteiger partial charge in [-0.3, -0.25) is 0 Å². The summed E-state index contributed by atoms with van der Waals surface area (Å²) in [6, 6.07) is 2.65. The Labute approximate surface area is 104 Å². The average Bonchev–Trinajstić information content (AvgIpc) is 2.78. The van der Waals surface area contributed by atoms with E-state index >= 15 is 0 Å². The van der Waals surface area contributed by atoms with E-state index in [1.807, 2.05) is 0 Å². The molecule has 0 radical (unpaired) electrons. The van der Waals surface area contributed by atoms with Crippen molar-refractivity contribution in [3.63, 3.8) is 0 Å². The Morgan fingerprint density at radius 3 is 2.56 bits per heavy atom. The quantitative estimate of drug-likeness (QED) is 0.882. The third-order valence-corrected chi connectivity index (χ3v) is 5.07.